The summed E-state index contributed by atoms with van der Waals surface area (Å²) in [5.41, 5.74) is 1.40. The van der Waals surface area contributed by atoms with E-state index in [4.69, 9.17) is 0 Å². The van der Waals surface area contributed by atoms with Gasteiger partial charge < -0.3 is 15.5 Å². The van der Waals surface area contributed by atoms with Gasteiger partial charge in [0, 0.05) is 18.1 Å². The highest BCUT2D eigenvalue weighted by atomic mass is 16.2. The van der Waals surface area contributed by atoms with Crippen LogP contribution in [0.15, 0.2) is 30.3 Å². The Bertz CT molecular complexity index is 592. The van der Waals surface area contributed by atoms with Gasteiger partial charge in [-0.05, 0) is 75.9 Å². The minimum Gasteiger partial charge on any atom is -0.350 e. The van der Waals surface area contributed by atoms with Gasteiger partial charge in [0.05, 0.1) is 6.54 Å². The maximum absolute atomic E-state index is 12.6. The third-order valence-corrected chi connectivity index (χ3v) is 6.87. The first-order valence-electron chi connectivity index (χ1n) is 10.3. The Morgan fingerprint density at radius 2 is 1.65 bits per heavy atom. The first-order chi connectivity index (χ1) is 12.5. The molecule has 1 aromatic carbocycles. The summed E-state index contributed by atoms with van der Waals surface area (Å²) in [6.45, 7) is 1.20. The van der Waals surface area contributed by atoms with Crippen molar-refractivity contribution in [2.75, 3.05) is 27.2 Å². The number of nitrogens with zero attached hydrogens (tertiary/aromatic N) is 1. The average molecular weight is 356 g/mol. The molecule has 0 unspecified atom stereocenters. The molecule has 142 valence electrons. The highest BCUT2D eigenvalue weighted by Gasteiger charge is 2.51. The largest absolute Gasteiger partial charge is 0.350 e. The SMILES string of the molecule is CN(C)[C@H](CNCC(=O)NC12CC3CC(CC(C3)C1)C2)c1ccccc1. The van der Waals surface area contributed by atoms with Gasteiger partial charge in [-0.1, -0.05) is 30.3 Å². The number of amides is 1. The van der Waals surface area contributed by atoms with Crippen molar-refractivity contribution in [3.8, 4) is 0 Å². The molecule has 2 N–H and O–H groups in total. The van der Waals surface area contributed by atoms with Gasteiger partial charge in [0.1, 0.15) is 0 Å². The van der Waals surface area contributed by atoms with E-state index in [-0.39, 0.29) is 17.5 Å². The van der Waals surface area contributed by atoms with Crippen molar-refractivity contribution in [2.24, 2.45) is 17.8 Å². The van der Waals surface area contributed by atoms with Crippen molar-refractivity contribution in [1.29, 1.82) is 0 Å². The van der Waals surface area contributed by atoms with Gasteiger partial charge >= 0.3 is 0 Å². The van der Waals surface area contributed by atoms with Crippen molar-refractivity contribution >= 4 is 5.91 Å². The average Bonchev–Trinajstić information content (AvgIpc) is 2.57. The van der Waals surface area contributed by atoms with E-state index < -0.39 is 0 Å². The molecule has 5 rings (SSSR count). The summed E-state index contributed by atoms with van der Waals surface area (Å²) in [6, 6.07) is 10.8. The number of hydrogen-bond acceptors (Lipinski definition) is 3. The van der Waals surface area contributed by atoms with Crippen molar-refractivity contribution in [3.05, 3.63) is 35.9 Å². The molecule has 4 heteroatoms. The fourth-order valence-electron chi connectivity index (χ4n) is 6.20. The molecule has 1 atom stereocenters. The second-order valence-corrected chi connectivity index (χ2v) is 9.27. The molecule has 1 aromatic rings. The van der Waals surface area contributed by atoms with Gasteiger partial charge in [-0.25, -0.2) is 0 Å². The van der Waals surface area contributed by atoms with Crippen molar-refractivity contribution in [2.45, 2.75) is 50.1 Å². The molecule has 4 aliphatic rings. The predicted octanol–water partition coefficient (Wildman–Crippen LogP) is 2.96. The van der Waals surface area contributed by atoms with Gasteiger partial charge in [-0.3, -0.25) is 4.79 Å². The van der Waals surface area contributed by atoms with E-state index in [0.717, 1.165) is 24.3 Å². The fraction of sp³-hybridized carbons (Fsp3) is 0.682. The first-order valence-corrected chi connectivity index (χ1v) is 10.3. The zero-order valence-electron chi connectivity index (χ0n) is 16.2. The molecule has 0 heterocycles. The minimum atomic E-state index is 0.119. The molecule has 4 fully saturated rings. The molecule has 0 aliphatic heterocycles. The Morgan fingerprint density at radius 1 is 1.08 bits per heavy atom. The minimum absolute atomic E-state index is 0.119. The van der Waals surface area contributed by atoms with Crippen LogP contribution in [0.2, 0.25) is 0 Å². The van der Waals surface area contributed by atoms with Crippen LogP contribution in [0.3, 0.4) is 0 Å². The van der Waals surface area contributed by atoms with Gasteiger partial charge in [-0.15, -0.1) is 0 Å². The van der Waals surface area contributed by atoms with Crippen LogP contribution in [0.4, 0.5) is 0 Å². The summed E-state index contributed by atoms with van der Waals surface area (Å²) in [5, 5.41) is 6.85. The summed E-state index contributed by atoms with van der Waals surface area (Å²) in [6.07, 6.45) is 7.89. The molecule has 1 amide bonds. The fourth-order valence-corrected chi connectivity index (χ4v) is 6.20. The quantitative estimate of drug-likeness (QED) is 0.790. The lowest BCUT2D eigenvalue weighted by Gasteiger charge is -2.56. The number of likely N-dealkylation sites (N-methyl/N-ethyl adjacent to an activating group) is 1. The van der Waals surface area contributed by atoms with E-state index in [9.17, 15) is 4.79 Å². The highest BCUT2D eigenvalue weighted by Crippen LogP contribution is 2.55. The van der Waals surface area contributed by atoms with Gasteiger partial charge in [-0.2, -0.15) is 0 Å². The number of rotatable bonds is 7. The molecule has 26 heavy (non-hydrogen) atoms. The Kier molecular flexibility index (Phi) is 5.07. The zero-order chi connectivity index (χ0) is 18.1. The van der Waals surface area contributed by atoms with E-state index in [2.05, 4.69) is 53.9 Å². The van der Waals surface area contributed by atoms with Crippen LogP contribution in [0.1, 0.15) is 50.1 Å². The molecule has 4 saturated carbocycles. The summed E-state index contributed by atoms with van der Waals surface area (Å²) < 4.78 is 0. The molecule has 0 radical (unpaired) electrons. The van der Waals surface area contributed by atoms with Crippen LogP contribution < -0.4 is 10.6 Å². The first kappa shape index (κ1) is 18.0. The highest BCUT2D eigenvalue weighted by molar-refractivity contribution is 5.79. The van der Waals surface area contributed by atoms with E-state index in [1.807, 2.05) is 6.07 Å². The number of hydrogen-bond donors (Lipinski definition) is 2. The standard InChI is InChI=1S/C22H33N3O/c1-25(2)20(19-6-4-3-5-7-19)14-23-15-21(26)24-22-11-16-8-17(12-22)10-18(9-16)13-22/h3-7,16-18,20,23H,8-15H2,1-2H3,(H,24,26)/t16?,17?,18?,20-,22?/m1/s1. The number of carbonyl (C=O) groups is 1. The monoisotopic (exact) mass is 355 g/mol. The van der Waals surface area contributed by atoms with E-state index in [1.54, 1.807) is 0 Å². The van der Waals surface area contributed by atoms with Gasteiger partial charge in [0.25, 0.3) is 0 Å². The topological polar surface area (TPSA) is 44.4 Å². The lowest BCUT2D eigenvalue weighted by atomic mass is 9.53. The Hall–Kier alpha value is -1.39. The van der Waals surface area contributed by atoms with Crippen LogP contribution in [-0.2, 0) is 4.79 Å². The van der Waals surface area contributed by atoms with Crippen LogP contribution in [0.5, 0.6) is 0 Å². The Morgan fingerprint density at radius 3 is 2.19 bits per heavy atom. The maximum Gasteiger partial charge on any atom is 0.234 e. The smallest absolute Gasteiger partial charge is 0.234 e. The lowest BCUT2D eigenvalue weighted by molar-refractivity contribution is -0.126. The van der Waals surface area contributed by atoms with Gasteiger partial charge in [0.15, 0.2) is 0 Å². The molecule has 4 nitrogen and oxygen atoms in total. The van der Waals surface area contributed by atoms with Crippen LogP contribution in [-0.4, -0.2) is 43.5 Å². The van der Waals surface area contributed by atoms with E-state index in [0.29, 0.717) is 6.54 Å². The van der Waals surface area contributed by atoms with Crippen LogP contribution >= 0.6 is 0 Å². The zero-order valence-corrected chi connectivity index (χ0v) is 16.2. The Balaban J connectivity index is 1.29. The molecular weight excluding hydrogens is 322 g/mol. The Labute approximate surface area is 157 Å². The van der Waals surface area contributed by atoms with Crippen molar-refractivity contribution in [1.82, 2.24) is 15.5 Å². The molecule has 0 spiro atoms. The predicted molar refractivity (Wildman–Crippen MR) is 105 cm³/mol. The second kappa shape index (κ2) is 7.32. The van der Waals surface area contributed by atoms with E-state index >= 15 is 0 Å². The van der Waals surface area contributed by atoms with Gasteiger partial charge in [0.2, 0.25) is 5.91 Å². The summed E-state index contributed by atoms with van der Waals surface area (Å²) in [4.78, 5) is 14.8. The molecule has 0 saturated heterocycles. The van der Waals surface area contributed by atoms with Crippen molar-refractivity contribution < 1.29 is 4.79 Å². The number of nitrogens with one attached hydrogen (secondary N) is 2. The molecule has 4 bridgehead atoms. The summed E-state index contributed by atoms with van der Waals surface area (Å²) in [5.74, 6) is 2.78. The third-order valence-electron chi connectivity index (χ3n) is 6.87. The normalized spacial score (nSPS) is 33.4. The summed E-state index contributed by atoms with van der Waals surface area (Å²) >= 11 is 0. The van der Waals surface area contributed by atoms with Crippen LogP contribution in [0, 0.1) is 17.8 Å². The summed E-state index contributed by atoms with van der Waals surface area (Å²) in [7, 11) is 4.18. The maximum atomic E-state index is 12.6. The molecule has 0 aromatic heterocycles. The molecular formula is C22H33N3O. The van der Waals surface area contributed by atoms with Crippen LogP contribution in [0.25, 0.3) is 0 Å². The number of benzene rings is 1. The number of carbonyl (C=O) groups excluding carboxylic acids is 1. The molecule has 4 aliphatic carbocycles. The third kappa shape index (κ3) is 3.81. The lowest BCUT2D eigenvalue weighted by Crippen LogP contribution is -2.60. The van der Waals surface area contributed by atoms with E-state index in [1.165, 1.54) is 44.1 Å². The van der Waals surface area contributed by atoms with Crippen molar-refractivity contribution in [3.63, 3.8) is 0 Å². The second-order valence-electron chi connectivity index (χ2n) is 9.27.